The average Bonchev–Trinajstić information content (AvgIpc) is 2.45. The topological polar surface area (TPSA) is 45.1 Å². The third-order valence-electron chi connectivity index (χ3n) is 3.08. The molecule has 0 amide bonds. The Bertz CT molecular complexity index is 567. The highest BCUT2D eigenvalue weighted by atomic mass is 32.2. The summed E-state index contributed by atoms with van der Waals surface area (Å²) in [6.45, 7) is 5.25. The van der Waals surface area contributed by atoms with Crippen molar-refractivity contribution in [3.8, 4) is 0 Å². The zero-order valence-corrected chi connectivity index (χ0v) is 13.4. The Morgan fingerprint density at radius 3 is 2.57 bits per heavy atom. The molecule has 0 saturated carbocycles. The molecule has 1 aromatic heterocycles. The van der Waals surface area contributed by atoms with Gasteiger partial charge in [0.2, 0.25) is 0 Å². The summed E-state index contributed by atoms with van der Waals surface area (Å²) in [6, 6.07) is 10.7. The van der Waals surface area contributed by atoms with E-state index in [9.17, 15) is 0 Å². The van der Waals surface area contributed by atoms with Gasteiger partial charge in [0.15, 0.2) is 0 Å². The predicted octanol–water partition coefficient (Wildman–Crippen LogP) is 3.54. The molecule has 0 bridgehead atoms. The Kier molecular flexibility index (Phi) is 6.08. The van der Waals surface area contributed by atoms with Crippen LogP contribution in [0, 0.1) is 13.8 Å². The number of aromatic nitrogens is 1. The van der Waals surface area contributed by atoms with Crippen molar-refractivity contribution in [3.63, 3.8) is 0 Å². The highest BCUT2D eigenvalue weighted by Crippen LogP contribution is 2.15. The minimum absolute atomic E-state index is 0.230. The number of anilines is 1. The summed E-state index contributed by atoms with van der Waals surface area (Å²) in [7, 11) is 0. The Labute approximate surface area is 130 Å². The number of hydrogen-bond acceptors (Lipinski definition) is 4. The lowest BCUT2D eigenvalue weighted by molar-refractivity contribution is 0.322. The van der Waals surface area contributed by atoms with Crippen LogP contribution in [0.4, 0.5) is 5.82 Å². The molecule has 1 heterocycles. The van der Waals surface area contributed by atoms with Crippen LogP contribution < -0.4 is 5.32 Å². The molecule has 0 aliphatic rings. The molecule has 3 nitrogen and oxygen atoms in total. The van der Waals surface area contributed by atoms with Gasteiger partial charge in [0.25, 0.3) is 0 Å². The van der Waals surface area contributed by atoms with E-state index >= 15 is 0 Å². The van der Waals surface area contributed by atoms with E-state index in [1.54, 1.807) is 11.8 Å². The van der Waals surface area contributed by atoms with E-state index in [0.29, 0.717) is 0 Å². The van der Waals surface area contributed by atoms with Gasteiger partial charge in [-0.1, -0.05) is 29.3 Å². The van der Waals surface area contributed by atoms with E-state index < -0.39 is 0 Å². The van der Waals surface area contributed by atoms with E-state index in [-0.39, 0.29) is 6.61 Å². The molecular formula is C17H22N2OS. The molecule has 0 radical (unpaired) electrons. The molecule has 0 unspecified atom stereocenters. The van der Waals surface area contributed by atoms with Crippen molar-refractivity contribution in [1.82, 2.24) is 4.98 Å². The summed E-state index contributed by atoms with van der Waals surface area (Å²) in [5.41, 5.74) is 5.07. The van der Waals surface area contributed by atoms with Gasteiger partial charge in [-0.3, -0.25) is 0 Å². The van der Waals surface area contributed by atoms with Crippen LogP contribution in [0.5, 0.6) is 0 Å². The van der Waals surface area contributed by atoms with E-state index in [4.69, 9.17) is 5.11 Å². The highest BCUT2D eigenvalue weighted by molar-refractivity contribution is 7.98. The summed E-state index contributed by atoms with van der Waals surface area (Å²) < 4.78 is 0. The molecule has 0 spiro atoms. The van der Waals surface area contributed by atoms with E-state index in [0.717, 1.165) is 23.9 Å². The van der Waals surface area contributed by atoms with Gasteiger partial charge in [0.1, 0.15) is 5.82 Å². The molecule has 0 fully saturated rings. The molecular weight excluding hydrogens is 280 g/mol. The maximum atomic E-state index is 8.81. The van der Waals surface area contributed by atoms with Crippen molar-refractivity contribution in [2.75, 3.05) is 17.7 Å². The van der Waals surface area contributed by atoms with Gasteiger partial charge >= 0.3 is 0 Å². The third kappa shape index (κ3) is 5.40. The molecule has 0 saturated heterocycles. The Balaban J connectivity index is 1.94. The van der Waals surface area contributed by atoms with Gasteiger partial charge in [-0.05, 0) is 37.1 Å². The van der Waals surface area contributed by atoms with Gasteiger partial charge in [-0.2, -0.15) is 11.8 Å². The maximum absolute atomic E-state index is 8.81. The molecule has 2 N–H and O–H groups in total. The fourth-order valence-corrected chi connectivity index (χ4v) is 2.97. The van der Waals surface area contributed by atoms with Gasteiger partial charge in [-0.25, -0.2) is 4.98 Å². The molecule has 21 heavy (non-hydrogen) atoms. The largest absolute Gasteiger partial charge is 0.396 e. The van der Waals surface area contributed by atoms with Crippen LogP contribution in [0.15, 0.2) is 36.5 Å². The van der Waals surface area contributed by atoms with Crippen LogP contribution in [-0.4, -0.2) is 22.5 Å². The van der Waals surface area contributed by atoms with Gasteiger partial charge in [-0.15, -0.1) is 0 Å². The summed E-state index contributed by atoms with van der Waals surface area (Å²) in [5, 5.41) is 12.2. The first kappa shape index (κ1) is 15.9. The highest BCUT2D eigenvalue weighted by Gasteiger charge is 2.00. The van der Waals surface area contributed by atoms with Crippen molar-refractivity contribution >= 4 is 17.6 Å². The molecule has 0 atom stereocenters. The van der Waals surface area contributed by atoms with E-state index in [2.05, 4.69) is 48.4 Å². The van der Waals surface area contributed by atoms with Gasteiger partial charge in [0, 0.05) is 24.2 Å². The van der Waals surface area contributed by atoms with Crippen molar-refractivity contribution in [2.24, 2.45) is 0 Å². The molecule has 112 valence electrons. The number of nitrogens with zero attached hydrogens (tertiary/aromatic N) is 1. The van der Waals surface area contributed by atoms with Crippen LogP contribution >= 0.6 is 11.8 Å². The molecule has 1 aromatic carbocycles. The Morgan fingerprint density at radius 1 is 1.10 bits per heavy atom. The number of thioether (sulfide) groups is 1. The average molecular weight is 302 g/mol. The Morgan fingerprint density at radius 2 is 1.86 bits per heavy atom. The van der Waals surface area contributed by atoms with Gasteiger partial charge in [0.05, 0.1) is 6.61 Å². The number of aryl methyl sites for hydroxylation is 2. The monoisotopic (exact) mass is 302 g/mol. The van der Waals surface area contributed by atoms with Crippen molar-refractivity contribution in [1.29, 1.82) is 0 Å². The first-order valence-electron chi connectivity index (χ1n) is 7.12. The SMILES string of the molecule is Cc1cc(C)cc(CNc2cc(CSCCO)ccn2)c1. The van der Waals surface area contributed by atoms with Crippen molar-refractivity contribution in [3.05, 3.63) is 58.8 Å². The standard InChI is InChI=1S/C17H22N2OS/c1-13-7-14(2)9-16(8-13)11-19-17-10-15(3-4-18-17)12-21-6-5-20/h3-4,7-10,20H,5-6,11-12H2,1-2H3,(H,18,19). The lowest BCUT2D eigenvalue weighted by Gasteiger charge is -2.09. The van der Waals surface area contributed by atoms with Crippen molar-refractivity contribution in [2.45, 2.75) is 26.1 Å². The van der Waals surface area contributed by atoms with Crippen LogP contribution in [0.3, 0.4) is 0 Å². The smallest absolute Gasteiger partial charge is 0.126 e. The second kappa shape index (κ2) is 8.05. The number of aliphatic hydroxyl groups excluding tert-OH is 1. The number of pyridine rings is 1. The first-order chi connectivity index (χ1) is 10.2. The molecule has 0 aliphatic carbocycles. The van der Waals surface area contributed by atoms with Crippen LogP contribution in [0.2, 0.25) is 0 Å². The Hall–Kier alpha value is -1.52. The fourth-order valence-electron chi connectivity index (χ4n) is 2.28. The number of benzene rings is 1. The summed E-state index contributed by atoms with van der Waals surface area (Å²) in [4.78, 5) is 4.36. The third-order valence-corrected chi connectivity index (χ3v) is 4.09. The molecule has 4 heteroatoms. The number of aliphatic hydroxyl groups is 1. The number of nitrogens with one attached hydrogen (secondary N) is 1. The number of rotatable bonds is 7. The predicted molar refractivity (Wildman–Crippen MR) is 90.7 cm³/mol. The fraction of sp³-hybridized carbons (Fsp3) is 0.353. The lowest BCUT2D eigenvalue weighted by atomic mass is 10.1. The summed E-state index contributed by atoms with van der Waals surface area (Å²) >= 11 is 1.73. The quantitative estimate of drug-likeness (QED) is 0.768. The molecule has 2 rings (SSSR count). The van der Waals surface area contributed by atoms with Crippen LogP contribution in [0.1, 0.15) is 22.3 Å². The maximum Gasteiger partial charge on any atom is 0.126 e. The zero-order valence-electron chi connectivity index (χ0n) is 12.6. The van der Waals surface area contributed by atoms with Crippen LogP contribution in [-0.2, 0) is 12.3 Å². The van der Waals surface area contributed by atoms with Crippen LogP contribution in [0.25, 0.3) is 0 Å². The van der Waals surface area contributed by atoms with Crippen molar-refractivity contribution < 1.29 is 5.11 Å². The summed E-state index contributed by atoms with van der Waals surface area (Å²) in [5.74, 6) is 2.57. The normalized spacial score (nSPS) is 10.6. The zero-order chi connectivity index (χ0) is 15.1. The molecule has 2 aromatic rings. The minimum atomic E-state index is 0.230. The number of hydrogen-bond donors (Lipinski definition) is 2. The molecule has 0 aliphatic heterocycles. The van der Waals surface area contributed by atoms with E-state index in [1.807, 2.05) is 12.3 Å². The minimum Gasteiger partial charge on any atom is -0.396 e. The second-order valence-electron chi connectivity index (χ2n) is 5.18. The first-order valence-corrected chi connectivity index (χ1v) is 8.27. The van der Waals surface area contributed by atoms with E-state index in [1.165, 1.54) is 22.3 Å². The van der Waals surface area contributed by atoms with Gasteiger partial charge < -0.3 is 10.4 Å². The lowest BCUT2D eigenvalue weighted by Crippen LogP contribution is -2.02. The summed E-state index contributed by atoms with van der Waals surface area (Å²) in [6.07, 6.45) is 1.83. The second-order valence-corrected chi connectivity index (χ2v) is 6.28.